The van der Waals surface area contributed by atoms with Gasteiger partial charge < -0.3 is 22.1 Å². The summed E-state index contributed by atoms with van der Waals surface area (Å²) < 4.78 is 0. The van der Waals surface area contributed by atoms with Crippen molar-refractivity contribution in [1.82, 2.24) is 15.0 Å². The first kappa shape index (κ1) is 18.6. The molecule has 1 spiro atoms. The molecule has 8 heteroatoms. The van der Waals surface area contributed by atoms with Gasteiger partial charge in [-0.05, 0) is 49.7 Å². The number of rotatable bonds is 3. The maximum atomic E-state index is 8.50. The Morgan fingerprint density at radius 3 is 2.57 bits per heavy atom. The van der Waals surface area contributed by atoms with E-state index in [0.29, 0.717) is 28.5 Å². The average molecular weight is 381 g/mol. The summed E-state index contributed by atoms with van der Waals surface area (Å²) in [5.41, 5.74) is 20.7. The van der Waals surface area contributed by atoms with Crippen LogP contribution in [0.1, 0.15) is 48.9 Å². The number of pyridine rings is 1. The third-order valence-corrected chi connectivity index (χ3v) is 6.48. The van der Waals surface area contributed by atoms with Crippen LogP contribution >= 0.6 is 0 Å². The van der Waals surface area contributed by atoms with E-state index in [-0.39, 0.29) is 11.5 Å². The van der Waals surface area contributed by atoms with Crippen LogP contribution in [-0.2, 0) is 0 Å². The summed E-state index contributed by atoms with van der Waals surface area (Å²) >= 11 is 0. The maximum absolute atomic E-state index is 8.50. The van der Waals surface area contributed by atoms with Crippen molar-refractivity contribution in [2.45, 2.75) is 45.1 Å². The van der Waals surface area contributed by atoms with Gasteiger partial charge in [-0.1, -0.05) is 6.42 Å². The maximum Gasteiger partial charge on any atom is 0.154 e. The van der Waals surface area contributed by atoms with Crippen LogP contribution in [0, 0.1) is 17.7 Å². The Bertz CT molecular complexity index is 901. The van der Waals surface area contributed by atoms with Crippen LogP contribution < -0.4 is 22.1 Å². The van der Waals surface area contributed by atoms with Crippen molar-refractivity contribution in [2.75, 3.05) is 29.5 Å². The number of nitrogens with zero attached hydrogens (tertiary/aromatic N) is 4. The highest BCUT2D eigenvalue weighted by Gasteiger charge is 2.43. The highest BCUT2D eigenvalue weighted by Crippen LogP contribution is 2.45. The van der Waals surface area contributed by atoms with E-state index in [0.717, 1.165) is 43.7 Å². The molecule has 1 saturated heterocycles. The summed E-state index contributed by atoms with van der Waals surface area (Å²) in [6.07, 6.45) is 9.15. The molecule has 2 aromatic rings. The van der Waals surface area contributed by atoms with Gasteiger partial charge in [-0.25, -0.2) is 15.0 Å². The number of nitrogens with two attached hydrogens (primary N) is 3. The highest BCUT2D eigenvalue weighted by molar-refractivity contribution is 6.13. The number of piperidine rings is 1. The molecule has 2 aromatic heterocycles. The molecule has 2 aliphatic rings. The molecule has 28 heavy (non-hydrogen) atoms. The van der Waals surface area contributed by atoms with E-state index in [9.17, 15) is 0 Å². The second-order valence-electron chi connectivity index (χ2n) is 8.11. The van der Waals surface area contributed by atoms with Gasteiger partial charge in [0.2, 0.25) is 0 Å². The molecule has 1 saturated carbocycles. The molecular formula is C20H28N8. The second kappa shape index (κ2) is 7.01. The third kappa shape index (κ3) is 3.17. The topological polar surface area (TPSA) is 144 Å². The number of nitrogen functional groups attached to an aromatic ring is 2. The summed E-state index contributed by atoms with van der Waals surface area (Å²) in [6.45, 7) is 3.71. The number of anilines is 3. The Balaban J connectivity index is 1.52. The molecule has 0 aromatic carbocycles. The fraction of sp³-hybridized carbons (Fsp3) is 0.500. The molecule has 0 bridgehead atoms. The van der Waals surface area contributed by atoms with Crippen LogP contribution in [0.15, 0.2) is 18.5 Å². The first-order chi connectivity index (χ1) is 13.4. The lowest BCUT2D eigenvalue weighted by molar-refractivity contribution is 0.197. The number of hydrogen-bond donors (Lipinski definition) is 4. The minimum absolute atomic E-state index is 0.206. The summed E-state index contributed by atoms with van der Waals surface area (Å²) in [4.78, 5) is 15.3. The van der Waals surface area contributed by atoms with Crippen molar-refractivity contribution in [3.63, 3.8) is 0 Å². The predicted molar refractivity (Wildman–Crippen MR) is 111 cm³/mol. The fourth-order valence-corrected chi connectivity index (χ4v) is 4.64. The van der Waals surface area contributed by atoms with E-state index >= 15 is 0 Å². The van der Waals surface area contributed by atoms with Crippen molar-refractivity contribution in [2.24, 2.45) is 11.1 Å². The molecule has 2 fully saturated rings. The van der Waals surface area contributed by atoms with Gasteiger partial charge in [-0.2, -0.15) is 0 Å². The van der Waals surface area contributed by atoms with Gasteiger partial charge in [0.1, 0.15) is 17.3 Å². The van der Waals surface area contributed by atoms with E-state index in [1.165, 1.54) is 12.8 Å². The quantitative estimate of drug-likeness (QED) is 0.595. The van der Waals surface area contributed by atoms with Crippen molar-refractivity contribution < 1.29 is 0 Å². The average Bonchev–Trinajstić information content (AvgIpc) is 3.03. The smallest absolute Gasteiger partial charge is 0.154 e. The predicted octanol–water partition coefficient (Wildman–Crippen LogP) is 1.86. The number of nitrogens with one attached hydrogen (secondary N) is 1. The molecule has 7 N–H and O–H groups in total. The number of hydrogen-bond acceptors (Lipinski definition) is 8. The number of aryl methyl sites for hydroxylation is 1. The molecule has 4 rings (SSSR count). The molecule has 0 unspecified atom stereocenters. The highest BCUT2D eigenvalue weighted by atomic mass is 15.2. The zero-order valence-electron chi connectivity index (χ0n) is 16.3. The minimum atomic E-state index is 0.206. The van der Waals surface area contributed by atoms with Crippen LogP contribution in [0.4, 0.5) is 17.5 Å². The Kier molecular flexibility index (Phi) is 4.66. The third-order valence-electron chi connectivity index (χ3n) is 6.48. The van der Waals surface area contributed by atoms with Crippen LogP contribution in [0.2, 0.25) is 0 Å². The summed E-state index contributed by atoms with van der Waals surface area (Å²) in [5.74, 6) is 1.39. The van der Waals surface area contributed by atoms with E-state index in [2.05, 4.69) is 19.9 Å². The number of aromatic nitrogens is 3. The van der Waals surface area contributed by atoms with Crippen LogP contribution in [-0.4, -0.2) is 39.8 Å². The van der Waals surface area contributed by atoms with Crippen LogP contribution in [0.3, 0.4) is 0 Å². The van der Waals surface area contributed by atoms with Gasteiger partial charge in [0.15, 0.2) is 5.82 Å². The Hall–Kier alpha value is -2.74. The Morgan fingerprint density at radius 2 is 1.93 bits per heavy atom. The molecule has 148 valence electrons. The van der Waals surface area contributed by atoms with Gasteiger partial charge in [0.25, 0.3) is 0 Å². The second-order valence-corrected chi connectivity index (χ2v) is 8.11. The standard InChI is InChI=1S/C20H28N8/c1-12-10-25-15(22)9-13(12)17(23)18-19(24)27-16(11-26-18)28-7-5-20(6-8-28)4-2-3-14(20)21/h9-11,14,23H,2-8,21H2,1H3,(H2,22,25)(H2,24,27)/t14-/m1/s1. The summed E-state index contributed by atoms with van der Waals surface area (Å²) in [5, 5.41) is 8.50. The minimum Gasteiger partial charge on any atom is -0.384 e. The van der Waals surface area contributed by atoms with Gasteiger partial charge >= 0.3 is 0 Å². The van der Waals surface area contributed by atoms with Gasteiger partial charge in [-0.15, -0.1) is 0 Å². The lowest BCUT2D eigenvalue weighted by atomic mass is 9.74. The first-order valence-electron chi connectivity index (χ1n) is 9.84. The van der Waals surface area contributed by atoms with Crippen molar-refractivity contribution in [3.05, 3.63) is 35.3 Å². The van der Waals surface area contributed by atoms with Crippen LogP contribution in [0.5, 0.6) is 0 Å². The van der Waals surface area contributed by atoms with Gasteiger partial charge in [0, 0.05) is 30.9 Å². The van der Waals surface area contributed by atoms with Crippen molar-refractivity contribution in [3.8, 4) is 0 Å². The summed E-state index contributed by atoms with van der Waals surface area (Å²) in [7, 11) is 0. The van der Waals surface area contributed by atoms with Gasteiger partial charge in [-0.3, -0.25) is 5.41 Å². The van der Waals surface area contributed by atoms with Crippen LogP contribution in [0.25, 0.3) is 0 Å². The Morgan fingerprint density at radius 1 is 1.18 bits per heavy atom. The molecule has 0 radical (unpaired) electrons. The van der Waals surface area contributed by atoms with E-state index < -0.39 is 0 Å². The fourth-order valence-electron chi connectivity index (χ4n) is 4.64. The monoisotopic (exact) mass is 380 g/mol. The Labute approximate surface area is 165 Å². The van der Waals surface area contributed by atoms with E-state index in [1.54, 1.807) is 18.5 Å². The summed E-state index contributed by atoms with van der Waals surface area (Å²) in [6, 6.07) is 1.99. The SMILES string of the molecule is Cc1cnc(N)cc1C(=N)c1ncc(N2CCC3(CCC[C@H]3N)CC2)nc1N. The van der Waals surface area contributed by atoms with E-state index in [4.69, 9.17) is 22.6 Å². The normalized spacial score (nSPS) is 21.2. The molecule has 1 aliphatic heterocycles. The molecule has 0 amide bonds. The zero-order chi connectivity index (χ0) is 19.9. The molecule has 1 aliphatic carbocycles. The molecule has 1 atom stereocenters. The van der Waals surface area contributed by atoms with Crippen molar-refractivity contribution >= 4 is 23.2 Å². The lowest BCUT2D eigenvalue weighted by Gasteiger charge is -2.42. The zero-order valence-corrected chi connectivity index (χ0v) is 16.3. The first-order valence-corrected chi connectivity index (χ1v) is 9.84. The van der Waals surface area contributed by atoms with Gasteiger partial charge in [0.05, 0.1) is 11.9 Å². The largest absolute Gasteiger partial charge is 0.384 e. The molecule has 8 nitrogen and oxygen atoms in total. The van der Waals surface area contributed by atoms with E-state index in [1.807, 2.05) is 6.92 Å². The molecular weight excluding hydrogens is 352 g/mol. The molecule has 3 heterocycles. The lowest BCUT2D eigenvalue weighted by Crippen LogP contribution is -2.47. The van der Waals surface area contributed by atoms with Crippen molar-refractivity contribution in [1.29, 1.82) is 5.41 Å².